The quantitative estimate of drug-likeness (QED) is 0.896. The predicted molar refractivity (Wildman–Crippen MR) is 70.3 cm³/mol. The summed E-state index contributed by atoms with van der Waals surface area (Å²) in [7, 11) is 1.91. The molecule has 1 aliphatic carbocycles. The van der Waals surface area contributed by atoms with E-state index < -0.39 is 6.10 Å². The smallest absolute Gasteiger partial charge is 0.0995 e. The summed E-state index contributed by atoms with van der Waals surface area (Å²) in [5.41, 5.74) is 5.03. The molecule has 94 valence electrons. The van der Waals surface area contributed by atoms with E-state index in [1.807, 2.05) is 11.6 Å². The molecule has 3 rings (SSSR count). The van der Waals surface area contributed by atoms with Gasteiger partial charge in [-0.1, -0.05) is 18.2 Å². The van der Waals surface area contributed by atoms with Crippen molar-refractivity contribution in [2.45, 2.75) is 31.8 Å². The molecule has 1 aromatic carbocycles. The molecule has 18 heavy (non-hydrogen) atoms. The number of nitrogens with zero attached hydrogens (tertiary/aromatic N) is 2. The maximum Gasteiger partial charge on any atom is 0.0995 e. The molecule has 0 saturated carbocycles. The van der Waals surface area contributed by atoms with Gasteiger partial charge in [0.1, 0.15) is 0 Å². The minimum absolute atomic E-state index is 0.475. The van der Waals surface area contributed by atoms with Crippen molar-refractivity contribution in [2.75, 3.05) is 0 Å². The highest BCUT2D eigenvalue weighted by molar-refractivity contribution is 5.35. The van der Waals surface area contributed by atoms with Crippen LogP contribution in [0.3, 0.4) is 0 Å². The third-order valence-electron chi connectivity index (χ3n) is 3.79. The molecule has 1 aromatic heterocycles. The Kier molecular flexibility index (Phi) is 2.92. The average molecular weight is 242 g/mol. The summed E-state index contributed by atoms with van der Waals surface area (Å²) in [5, 5.41) is 10.2. The molecule has 0 fully saturated rings. The third kappa shape index (κ3) is 2.06. The van der Waals surface area contributed by atoms with Gasteiger partial charge < -0.3 is 9.67 Å². The highest BCUT2D eigenvalue weighted by Gasteiger charge is 2.15. The molecule has 1 atom stereocenters. The Balaban J connectivity index is 1.79. The molecule has 1 N–H and O–H groups in total. The molecule has 0 saturated heterocycles. The molecule has 0 amide bonds. The van der Waals surface area contributed by atoms with Crippen molar-refractivity contribution in [3.63, 3.8) is 0 Å². The van der Waals surface area contributed by atoms with Gasteiger partial charge in [-0.2, -0.15) is 0 Å². The van der Waals surface area contributed by atoms with E-state index in [1.165, 1.54) is 36.0 Å². The van der Waals surface area contributed by atoms with Crippen LogP contribution in [0.5, 0.6) is 0 Å². The summed E-state index contributed by atoms with van der Waals surface area (Å²) in [6.07, 6.45) is 7.30. The van der Waals surface area contributed by atoms with E-state index in [-0.39, 0.29) is 0 Å². The fourth-order valence-corrected chi connectivity index (χ4v) is 2.77. The number of aryl methyl sites for hydroxylation is 3. The Morgan fingerprint density at radius 3 is 2.94 bits per heavy atom. The number of aliphatic hydroxyl groups excluding tert-OH is 1. The van der Waals surface area contributed by atoms with Crippen molar-refractivity contribution >= 4 is 0 Å². The second-order valence-electron chi connectivity index (χ2n) is 5.11. The Bertz CT molecular complexity index is 559. The van der Waals surface area contributed by atoms with Crippen LogP contribution in [-0.4, -0.2) is 14.7 Å². The van der Waals surface area contributed by atoms with Gasteiger partial charge in [0.15, 0.2) is 0 Å². The van der Waals surface area contributed by atoms with Gasteiger partial charge in [-0.05, 0) is 36.0 Å². The molecule has 0 spiro atoms. The maximum absolute atomic E-state index is 10.2. The van der Waals surface area contributed by atoms with Crippen molar-refractivity contribution in [2.24, 2.45) is 7.05 Å². The number of rotatable bonds is 3. The van der Waals surface area contributed by atoms with Crippen molar-refractivity contribution in [3.05, 3.63) is 53.1 Å². The Morgan fingerprint density at radius 1 is 1.33 bits per heavy atom. The van der Waals surface area contributed by atoms with Gasteiger partial charge in [-0.3, -0.25) is 0 Å². The van der Waals surface area contributed by atoms with Crippen LogP contribution in [0.1, 0.15) is 34.9 Å². The van der Waals surface area contributed by atoms with Crippen LogP contribution in [0.25, 0.3) is 0 Å². The molecule has 1 aliphatic rings. The SMILES string of the molecule is Cn1cncc1C(O)Cc1ccc2c(c1)CCC2. The monoisotopic (exact) mass is 242 g/mol. The lowest BCUT2D eigenvalue weighted by Gasteiger charge is -2.12. The molecule has 1 heterocycles. The Hall–Kier alpha value is -1.61. The molecule has 3 heteroatoms. The lowest BCUT2D eigenvalue weighted by atomic mass is 10.0. The molecule has 3 nitrogen and oxygen atoms in total. The molecule has 0 bridgehead atoms. The first-order chi connectivity index (χ1) is 8.74. The summed E-state index contributed by atoms with van der Waals surface area (Å²) in [6, 6.07) is 6.61. The minimum atomic E-state index is -0.475. The Labute approximate surface area is 107 Å². The molecule has 0 radical (unpaired) electrons. The fourth-order valence-electron chi connectivity index (χ4n) is 2.77. The number of aliphatic hydroxyl groups is 1. The van der Waals surface area contributed by atoms with Gasteiger partial charge in [-0.25, -0.2) is 4.98 Å². The van der Waals surface area contributed by atoms with Crippen LogP contribution in [0.4, 0.5) is 0 Å². The zero-order valence-electron chi connectivity index (χ0n) is 10.6. The van der Waals surface area contributed by atoms with E-state index in [0.29, 0.717) is 6.42 Å². The zero-order valence-corrected chi connectivity index (χ0v) is 10.6. The fraction of sp³-hybridized carbons (Fsp3) is 0.400. The first kappa shape index (κ1) is 11.5. The van der Waals surface area contributed by atoms with Gasteiger partial charge >= 0.3 is 0 Å². The molecular weight excluding hydrogens is 224 g/mol. The number of aromatic nitrogens is 2. The van der Waals surface area contributed by atoms with Crippen LogP contribution < -0.4 is 0 Å². The standard InChI is InChI=1S/C15H18N2O/c1-17-10-16-9-14(17)15(18)8-11-5-6-12-3-2-4-13(12)7-11/h5-7,9-10,15,18H,2-4,8H2,1H3. The van der Waals surface area contributed by atoms with Crippen LogP contribution in [0.15, 0.2) is 30.7 Å². The number of fused-ring (bicyclic) bond motifs is 1. The van der Waals surface area contributed by atoms with Crippen LogP contribution >= 0.6 is 0 Å². The Morgan fingerprint density at radius 2 is 2.17 bits per heavy atom. The molecule has 2 aromatic rings. The normalized spacial score (nSPS) is 15.7. The van der Waals surface area contributed by atoms with E-state index in [1.54, 1.807) is 12.5 Å². The summed E-state index contributed by atoms with van der Waals surface area (Å²) in [4.78, 5) is 4.05. The van der Waals surface area contributed by atoms with Gasteiger partial charge in [-0.15, -0.1) is 0 Å². The van der Waals surface area contributed by atoms with Crippen molar-refractivity contribution in [3.8, 4) is 0 Å². The van der Waals surface area contributed by atoms with Crippen LogP contribution in [0.2, 0.25) is 0 Å². The van der Waals surface area contributed by atoms with E-state index in [2.05, 4.69) is 23.2 Å². The van der Waals surface area contributed by atoms with Crippen molar-refractivity contribution in [1.29, 1.82) is 0 Å². The van der Waals surface area contributed by atoms with E-state index >= 15 is 0 Å². The minimum Gasteiger partial charge on any atom is -0.386 e. The largest absolute Gasteiger partial charge is 0.386 e. The number of hydrogen-bond acceptors (Lipinski definition) is 2. The van der Waals surface area contributed by atoms with Gasteiger partial charge in [0.2, 0.25) is 0 Å². The number of hydrogen-bond donors (Lipinski definition) is 1. The van der Waals surface area contributed by atoms with Crippen LogP contribution in [0, 0.1) is 0 Å². The lowest BCUT2D eigenvalue weighted by Crippen LogP contribution is -2.06. The average Bonchev–Trinajstić information content (AvgIpc) is 2.96. The van der Waals surface area contributed by atoms with Gasteiger partial charge in [0.25, 0.3) is 0 Å². The molecular formula is C15H18N2O. The van der Waals surface area contributed by atoms with E-state index in [4.69, 9.17) is 0 Å². The summed E-state index contributed by atoms with van der Waals surface area (Å²) in [6.45, 7) is 0. The topological polar surface area (TPSA) is 38.0 Å². The summed E-state index contributed by atoms with van der Waals surface area (Å²) in [5.74, 6) is 0. The van der Waals surface area contributed by atoms with Crippen molar-refractivity contribution < 1.29 is 5.11 Å². The molecule has 0 aliphatic heterocycles. The van der Waals surface area contributed by atoms with E-state index in [9.17, 15) is 5.11 Å². The predicted octanol–water partition coefficient (Wildman–Crippen LogP) is 2.18. The first-order valence-corrected chi connectivity index (χ1v) is 6.49. The lowest BCUT2D eigenvalue weighted by molar-refractivity contribution is 0.170. The summed E-state index contributed by atoms with van der Waals surface area (Å²) >= 11 is 0. The third-order valence-corrected chi connectivity index (χ3v) is 3.79. The number of benzene rings is 1. The van der Waals surface area contributed by atoms with Crippen molar-refractivity contribution in [1.82, 2.24) is 9.55 Å². The van der Waals surface area contributed by atoms with Crippen LogP contribution in [-0.2, 0) is 26.3 Å². The van der Waals surface area contributed by atoms with E-state index in [0.717, 1.165) is 5.69 Å². The molecule has 1 unspecified atom stereocenters. The highest BCUT2D eigenvalue weighted by atomic mass is 16.3. The highest BCUT2D eigenvalue weighted by Crippen LogP contribution is 2.25. The number of imidazole rings is 1. The van der Waals surface area contributed by atoms with Gasteiger partial charge in [0, 0.05) is 13.5 Å². The second kappa shape index (κ2) is 4.58. The van der Waals surface area contributed by atoms with Gasteiger partial charge in [0.05, 0.1) is 24.3 Å². The maximum atomic E-state index is 10.2. The second-order valence-corrected chi connectivity index (χ2v) is 5.11. The first-order valence-electron chi connectivity index (χ1n) is 6.49. The summed E-state index contributed by atoms with van der Waals surface area (Å²) < 4.78 is 1.87. The zero-order chi connectivity index (χ0) is 12.5.